The molecule has 0 bridgehead atoms. The highest BCUT2D eigenvalue weighted by molar-refractivity contribution is 5.32. The molecule has 1 heterocycles. The Hall–Kier alpha value is -0.380. The molecule has 3 heteroatoms. The van der Waals surface area contributed by atoms with Gasteiger partial charge in [0.1, 0.15) is 0 Å². The van der Waals surface area contributed by atoms with E-state index in [9.17, 15) is 0 Å². The van der Waals surface area contributed by atoms with Crippen molar-refractivity contribution in [1.82, 2.24) is 0 Å². The Morgan fingerprint density at radius 1 is 1.08 bits per heavy atom. The van der Waals surface area contributed by atoms with Gasteiger partial charge in [-0.25, -0.2) is 0 Å². The molecule has 3 nitrogen and oxygen atoms in total. The molecule has 3 atom stereocenters. The third-order valence-corrected chi connectivity index (χ3v) is 8.08. The minimum atomic E-state index is -0.354. The first-order chi connectivity index (χ1) is 11.4. The van der Waals surface area contributed by atoms with Crippen LogP contribution < -0.4 is 0 Å². The largest absolute Gasteiger partial charge is 0.384 e. The van der Waals surface area contributed by atoms with Crippen molar-refractivity contribution in [2.45, 2.75) is 71.5 Å². The maximum atomic E-state index is 6.23. The molecule has 0 N–H and O–H groups in total. The molecule has 1 saturated heterocycles. The van der Waals surface area contributed by atoms with E-state index in [1.54, 1.807) is 5.57 Å². The molecule has 2 saturated carbocycles. The third-order valence-electron chi connectivity index (χ3n) is 8.08. The van der Waals surface area contributed by atoms with Crippen LogP contribution in [0.5, 0.6) is 0 Å². The van der Waals surface area contributed by atoms with E-state index in [1.807, 2.05) is 7.11 Å². The van der Waals surface area contributed by atoms with Crippen LogP contribution in [0.25, 0.3) is 0 Å². The van der Waals surface area contributed by atoms with Crippen molar-refractivity contribution < 1.29 is 14.2 Å². The maximum absolute atomic E-state index is 6.23. The average molecular weight is 335 g/mol. The molecular formula is C21H34O3. The van der Waals surface area contributed by atoms with E-state index in [-0.39, 0.29) is 22.0 Å². The second kappa shape index (κ2) is 5.56. The van der Waals surface area contributed by atoms with Gasteiger partial charge in [-0.15, -0.1) is 0 Å². The van der Waals surface area contributed by atoms with Gasteiger partial charge in [-0.1, -0.05) is 32.4 Å². The van der Waals surface area contributed by atoms with Crippen LogP contribution in [0.4, 0.5) is 0 Å². The molecule has 136 valence electrons. The molecule has 0 unspecified atom stereocenters. The smallest absolute Gasteiger partial charge is 0.173 e. The van der Waals surface area contributed by atoms with Gasteiger partial charge in [0.15, 0.2) is 5.79 Å². The summed E-state index contributed by atoms with van der Waals surface area (Å²) in [5, 5.41) is 0. The molecule has 4 rings (SSSR count). The van der Waals surface area contributed by atoms with Crippen LogP contribution in [0.1, 0.15) is 65.7 Å². The molecule has 0 amide bonds. The monoisotopic (exact) mass is 334 g/mol. The Morgan fingerprint density at radius 3 is 2.54 bits per heavy atom. The standard InChI is InChI=1S/C21H34O3/c1-18(2)16-8-10-20(15-22-4)9-6-5-7-17(20)19(16,3)11-12-21(18)23-13-14-24-21/h7,16H,5-6,8-15H2,1-4H3/t16-,19-,20+/m0/s1. The topological polar surface area (TPSA) is 27.7 Å². The molecule has 1 aliphatic heterocycles. The second-order valence-electron chi connectivity index (χ2n) is 9.40. The number of methoxy groups -OCH3 is 1. The van der Waals surface area contributed by atoms with E-state index >= 15 is 0 Å². The van der Waals surface area contributed by atoms with Crippen LogP contribution in [0.2, 0.25) is 0 Å². The first-order valence-corrected chi connectivity index (χ1v) is 9.88. The highest BCUT2D eigenvalue weighted by atomic mass is 16.7. The number of fused-ring (bicyclic) bond motifs is 3. The lowest BCUT2D eigenvalue weighted by molar-refractivity contribution is -0.285. The van der Waals surface area contributed by atoms with Crippen LogP contribution >= 0.6 is 0 Å². The Kier molecular flexibility index (Phi) is 3.95. The zero-order chi connectivity index (χ0) is 17.1. The van der Waals surface area contributed by atoms with Gasteiger partial charge >= 0.3 is 0 Å². The Labute approximate surface area is 147 Å². The summed E-state index contributed by atoms with van der Waals surface area (Å²) >= 11 is 0. The molecule has 0 aromatic rings. The van der Waals surface area contributed by atoms with Crippen LogP contribution in [0, 0.1) is 22.2 Å². The molecular weight excluding hydrogens is 300 g/mol. The van der Waals surface area contributed by atoms with E-state index in [1.165, 1.54) is 38.5 Å². The van der Waals surface area contributed by atoms with E-state index in [0.717, 1.165) is 26.2 Å². The third kappa shape index (κ3) is 2.07. The molecule has 3 fully saturated rings. The maximum Gasteiger partial charge on any atom is 0.173 e. The molecule has 24 heavy (non-hydrogen) atoms. The number of allylic oxidation sites excluding steroid dienone is 1. The number of rotatable bonds is 2. The lowest BCUT2D eigenvalue weighted by Crippen LogP contribution is -2.62. The fourth-order valence-corrected chi connectivity index (χ4v) is 7.01. The number of ether oxygens (including phenoxy) is 3. The van der Waals surface area contributed by atoms with Gasteiger partial charge in [0, 0.05) is 24.4 Å². The zero-order valence-electron chi connectivity index (χ0n) is 16.0. The second-order valence-corrected chi connectivity index (χ2v) is 9.40. The van der Waals surface area contributed by atoms with Crippen molar-refractivity contribution in [3.8, 4) is 0 Å². The lowest BCUT2D eigenvalue weighted by Gasteiger charge is -2.64. The van der Waals surface area contributed by atoms with Gasteiger partial charge in [-0.2, -0.15) is 0 Å². The average Bonchev–Trinajstić information content (AvgIpc) is 3.03. The summed E-state index contributed by atoms with van der Waals surface area (Å²) in [7, 11) is 1.87. The summed E-state index contributed by atoms with van der Waals surface area (Å²) in [6.45, 7) is 9.72. The Bertz CT molecular complexity index is 531. The van der Waals surface area contributed by atoms with Gasteiger partial charge in [0.2, 0.25) is 0 Å². The first kappa shape index (κ1) is 17.1. The van der Waals surface area contributed by atoms with E-state index in [4.69, 9.17) is 14.2 Å². The van der Waals surface area contributed by atoms with Crippen molar-refractivity contribution in [2.24, 2.45) is 22.2 Å². The van der Waals surface area contributed by atoms with Crippen LogP contribution in [0.15, 0.2) is 11.6 Å². The summed E-state index contributed by atoms with van der Waals surface area (Å²) in [6, 6.07) is 0. The Morgan fingerprint density at radius 2 is 1.83 bits per heavy atom. The van der Waals surface area contributed by atoms with Crippen LogP contribution in [-0.4, -0.2) is 32.7 Å². The van der Waals surface area contributed by atoms with Gasteiger partial charge in [0.25, 0.3) is 0 Å². The fourth-order valence-electron chi connectivity index (χ4n) is 7.01. The zero-order valence-corrected chi connectivity index (χ0v) is 16.0. The van der Waals surface area contributed by atoms with E-state index < -0.39 is 0 Å². The first-order valence-electron chi connectivity index (χ1n) is 9.88. The molecule has 1 spiro atoms. The highest BCUT2D eigenvalue weighted by Gasteiger charge is 2.65. The summed E-state index contributed by atoms with van der Waals surface area (Å²) in [5.74, 6) is 0.263. The van der Waals surface area contributed by atoms with Gasteiger partial charge in [-0.3, -0.25) is 0 Å². The highest BCUT2D eigenvalue weighted by Crippen LogP contribution is 2.69. The minimum absolute atomic E-state index is 0.0496. The van der Waals surface area contributed by atoms with Gasteiger partial charge in [-0.05, 0) is 49.9 Å². The normalized spacial score (nSPS) is 43.2. The molecule has 0 radical (unpaired) electrons. The van der Waals surface area contributed by atoms with Crippen molar-refractivity contribution >= 4 is 0 Å². The van der Waals surface area contributed by atoms with Crippen molar-refractivity contribution in [1.29, 1.82) is 0 Å². The summed E-state index contributed by atoms with van der Waals surface area (Å²) in [5.41, 5.74) is 2.31. The summed E-state index contributed by atoms with van der Waals surface area (Å²) in [6.07, 6.45) is 11.2. The SMILES string of the molecule is COC[C@]12CCCC=C1[C@@]1(C)CCC3(OCCO3)C(C)(C)[C@@H]1CC2. The summed E-state index contributed by atoms with van der Waals surface area (Å²) in [4.78, 5) is 0. The number of hydrogen-bond acceptors (Lipinski definition) is 3. The predicted octanol–water partition coefficient (Wildman–Crippen LogP) is 4.71. The van der Waals surface area contributed by atoms with Crippen LogP contribution in [0.3, 0.4) is 0 Å². The minimum Gasteiger partial charge on any atom is -0.384 e. The van der Waals surface area contributed by atoms with Crippen molar-refractivity contribution in [2.75, 3.05) is 26.9 Å². The van der Waals surface area contributed by atoms with Gasteiger partial charge < -0.3 is 14.2 Å². The fraction of sp³-hybridized carbons (Fsp3) is 0.905. The molecule has 4 aliphatic rings. The molecule has 0 aromatic heterocycles. The van der Waals surface area contributed by atoms with Crippen molar-refractivity contribution in [3.05, 3.63) is 11.6 Å². The van der Waals surface area contributed by atoms with Gasteiger partial charge in [0.05, 0.1) is 19.8 Å². The summed E-state index contributed by atoms with van der Waals surface area (Å²) < 4.78 is 18.2. The van der Waals surface area contributed by atoms with E-state index in [0.29, 0.717) is 5.92 Å². The van der Waals surface area contributed by atoms with E-state index in [2.05, 4.69) is 26.8 Å². The predicted molar refractivity (Wildman–Crippen MR) is 94.7 cm³/mol. The number of hydrogen-bond donors (Lipinski definition) is 0. The quantitative estimate of drug-likeness (QED) is 0.685. The molecule has 0 aromatic carbocycles. The lowest BCUT2D eigenvalue weighted by atomic mass is 9.43. The Balaban J connectivity index is 1.74. The molecule has 3 aliphatic carbocycles. The van der Waals surface area contributed by atoms with Crippen LogP contribution in [-0.2, 0) is 14.2 Å². The van der Waals surface area contributed by atoms with Crippen molar-refractivity contribution in [3.63, 3.8) is 0 Å².